The highest BCUT2D eigenvalue weighted by molar-refractivity contribution is 7.89. The van der Waals surface area contributed by atoms with Gasteiger partial charge in [-0.15, -0.1) is 0 Å². The number of benzene rings is 4. The minimum absolute atomic E-state index is 0.0113. The smallest absolute Gasteiger partial charge is 0.418 e. The fourth-order valence-electron chi connectivity index (χ4n) is 4.33. The Labute approximate surface area is 238 Å². The van der Waals surface area contributed by atoms with Crippen molar-refractivity contribution in [1.29, 1.82) is 0 Å². The lowest BCUT2D eigenvalue weighted by Crippen LogP contribution is -2.26. The van der Waals surface area contributed by atoms with Gasteiger partial charge in [-0.05, 0) is 60.5 Å². The molecular formula is C30H23F4N3O4S. The Hall–Kier alpha value is -4.55. The zero-order valence-electron chi connectivity index (χ0n) is 22.0. The molecule has 0 radical (unpaired) electrons. The summed E-state index contributed by atoms with van der Waals surface area (Å²) in [5.74, 6) is 0.229. The van der Waals surface area contributed by atoms with Crippen molar-refractivity contribution in [2.75, 3.05) is 13.7 Å². The van der Waals surface area contributed by atoms with Crippen LogP contribution < -0.4 is 14.2 Å². The first-order chi connectivity index (χ1) is 20.0. The number of sulfonamides is 1. The van der Waals surface area contributed by atoms with Crippen molar-refractivity contribution >= 4 is 20.9 Å². The van der Waals surface area contributed by atoms with Gasteiger partial charge in [0.1, 0.15) is 29.4 Å². The minimum atomic E-state index is -4.66. The normalized spacial score (nSPS) is 11.9. The van der Waals surface area contributed by atoms with E-state index in [9.17, 15) is 26.0 Å². The highest BCUT2D eigenvalue weighted by Gasteiger charge is 2.33. The van der Waals surface area contributed by atoms with Gasteiger partial charge in [-0.2, -0.15) is 13.2 Å². The van der Waals surface area contributed by atoms with E-state index in [2.05, 4.69) is 14.7 Å². The number of hydrogen-bond donors (Lipinski definition) is 1. The Balaban J connectivity index is 1.36. The lowest BCUT2D eigenvalue weighted by molar-refractivity contribution is -0.136. The third kappa shape index (κ3) is 6.34. The van der Waals surface area contributed by atoms with Crippen LogP contribution in [0.3, 0.4) is 0 Å². The zero-order chi connectivity index (χ0) is 29.9. The van der Waals surface area contributed by atoms with Gasteiger partial charge in [-0.25, -0.2) is 27.5 Å². The van der Waals surface area contributed by atoms with Crippen molar-refractivity contribution in [2.45, 2.75) is 17.5 Å². The molecule has 216 valence electrons. The number of para-hydroxylation sites is 1. The second-order valence-corrected chi connectivity index (χ2v) is 10.9. The summed E-state index contributed by atoms with van der Waals surface area (Å²) >= 11 is 0. The first-order valence-electron chi connectivity index (χ1n) is 12.6. The molecule has 1 aromatic heterocycles. The van der Waals surface area contributed by atoms with E-state index in [-0.39, 0.29) is 45.1 Å². The summed E-state index contributed by atoms with van der Waals surface area (Å²) in [6, 6.07) is 20.2. The molecule has 0 aliphatic rings. The van der Waals surface area contributed by atoms with E-state index in [0.29, 0.717) is 12.2 Å². The van der Waals surface area contributed by atoms with Gasteiger partial charge in [-0.1, -0.05) is 30.3 Å². The lowest BCUT2D eigenvalue weighted by Gasteiger charge is -2.13. The average molecular weight is 598 g/mol. The Morgan fingerprint density at radius 3 is 2.31 bits per heavy atom. The van der Waals surface area contributed by atoms with Crippen LogP contribution in [0.25, 0.3) is 22.2 Å². The minimum Gasteiger partial charge on any atom is -0.497 e. The first kappa shape index (κ1) is 29.0. The fraction of sp³-hybridized carbons (Fsp3) is 0.133. The number of hydrogen-bond acceptors (Lipinski definition) is 6. The third-order valence-electron chi connectivity index (χ3n) is 6.38. The summed E-state index contributed by atoms with van der Waals surface area (Å²) in [7, 11) is -2.32. The standard InChI is InChI=1S/C30H23F4N3O4S/c1-40-20-10-8-19(9-11-20)14-15-37-42(38,39)23-5-2-4-21(16-23)41-22-12-13-27(31)25(17-22)28-24-6-3-7-26(30(32,33)34)29(24)36-18-35-28/h2-13,16-18,37H,14-15H2,1H3. The van der Waals surface area contributed by atoms with Gasteiger partial charge >= 0.3 is 6.18 Å². The highest BCUT2D eigenvalue weighted by Crippen LogP contribution is 2.38. The molecule has 1 N–H and O–H groups in total. The Bertz CT molecular complexity index is 1850. The van der Waals surface area contributed by atoms with Crippen LogP contribution >= 0.6 is 0 Å². The van der Waals surface area contributed by atoms with Crippen LogP contribution in [0.1, 0.15) is 11.1 Å². The van der Waals surface area contributed by atoms with Crippen molar-refractivity contribution in [2.24, 2.45) is 0 Å². The molecule has 4 aromatic carbocycles. The molecule has 0 spiro atoms. The average Bonchev–Trinajstić information content (AvgIpc) is 2.97. The van der Waals surface area contributed by atoms with Crippen LogP contribution in [0.4, 0.5) is 17.6 Å². The summed E-state index contributed by atoms with van der Waals surface area (Å²) in [4.78, 5) is 7.78. The van der Waals surface area contributed by atoms with Gasteiger partial charge in [0.15, 0.2) is 0 Å². The molecule has 0 fully saturated rings. The van der Waals surface area contributed by atoms with Gasteiger partial charge in [0.25, 0.3) is 0 Å². The number of fused-ring (bicyclic) bond motifs is 1. The maximum atomic E-state index is 14.9. The molecule has 42 heavy (non-hydrogen) atoms. The van der Waals surface area contributed by atoms with Crippen molar-refractivity contribution in [1.82, 2.24) is 14.7 Å². The van der Waals surface area contributed by atoms with Gasteiger partial charge in [0, 0.05) is 23.6 Å². The molecule has 0 unspecified atom stereocenters. The van der Waals surface area contributed by atoms with Crippen molar-refractivity contribution < 1.29 is 35.5 Å². The molecule has 12 heteroatoms. The summed E-state index contributed by atoms with van der Waals surface area (Å²) in [5.41, 5.74) is -0.561. The van der Waals surface area contributed by atoms with E-state index in [1.807, 2.05) is 12.1 Å². The largest absolute Gasteiger partial charge is 0.497 e. The molecule has 5 aromatic rings. The Kier molecular flexibility index (Phi) is 8.10. The molecule has 0 saturated carbocycles. The van der Waals surface area contributed by atoms with Crippen LogP contribution in [0, 0.1) is 5.82 Å². The van der Waals surface area contributed by atoms with E-state index < -0.39 is 27.6 Å². The molecule has 0 aliphatic heterocycles. The van der Waals surface area contributed by atoms with Crippen molar-refractivity contribution in [3.8, 4) is 28.5 Å². The zero-order valence-corrected chi connectivity index (χ0v) is 22.8. The number of alkyl halides is 3. The van der Waals surface area contributed by atoms with Crippen LogP contribution in [-0.4, -0.2) is 32.0 Å². The quantitative estimate of drug-likeness (QED) is 0.189. The Morgan fingerprint density at radius 2 is 1.57 bits per heavy atom. The first-order valence-corrected chi connectivity index (χ1v) is 14.0. The van der Waals surface area contributed by atoms with E-state index in [1.54, 1.807) is 19.2 Å². The van der Waals surface area contributed by atoms with E-state index >= 15 is 0 Å². The van der Waals surface area contributed by atoms with Gasteiger partial charge in [-0.3, -0.25) is 0 Å². The maximum Gasteiger partial charge on any atom is 0.418 e. The summed E-state index contributed by atoms with van der Waals surface area (Å²) < 4.78 is 94.8. The molecular weight excluding hydrogens is 574 g/mol. The molecule has 0 atom stereocenters. The molecule has 0 bridgehead atoms. The molecule has 0 saturated heterocycles. The predicted octanol–water partition coefficient (Wildman–Crippen LogP) is 6.78. The number of halogens is 4. The Morgan fingerprint density at radius 1 is 0.857 bits per heavy atom. The van der Waals surface area contributed by atoms with Gasteiger partial charge in [0.05, 0.1) is 28.8 Å². The highest BCUT2D eigenvalue weighted by atomic mass is 32.2. The third-order valence-corrected chi connectivity index (χ3v) is 7.84. The summed E-state index contributed by atoms with van der Waals surface area (Å²) in [6.07, 6.45) is -3.26. The number of aromatic nitrogens is 2. The second-order valence-electron chi connectivity index (χ2n) is 9.14. The SMILES string of the molecule is COc1ccc(CCNS(=O)(=O)c2cccc(Oc3ccc(F)c(-c4ncnc5c(C(F)(F)F)cccc45)c3)c2)cc1. The molecule has 5 rings (SSSR count). The second kappa shape index (κ2) is 11.7. The summed E-state index contributed by atoms with van der Waals surface area (Å²) in [6.45, 7) is 0.157. The van der Waals surface area contributed by atoms with Crippen LogP contribution in [0.2, 0.25) is 0 Å². The van der Waals surface area contributed by atoms with Gasteiger partial charge in [0.2, 0.25) is 10.0 Å². The van der Waals surface area contributed by atoms with Crippen LogP contribution in [0.15, 0.2) is 96.2 Å². The van der Waals surface area contributed by atoms with E-state index in [4.69, 9.17) is 9.47 Å². The van der Waals surface area contributed by atoms with E-state index in [0.717, 1.165) is 24.0 Å². The maximum absolute atomic E-state index is 14.9. The monoisotopic (exact) mass is 597 g/mol. The lowest BCUT2D eigenvalue weighted by atomic mass is 10.0. The van der Waals surface area contributed by atoms with Crippen LogP contribution in [-0.2, 0) is 22.6 Å². The predicted molar refractivity (Wildman–Crippen MR) is 148 cm³/mol. The number of nitrogens with zero attached hydrogens (tertiary/aromatic N) is 2. The molecule has 1 heterocycles. The molecule has 0 aliphatic carbocycles. The molecule has 7 nitrogen and oxygen atoms in total. The summed E-state index contributed by atoms with van der Waals surface area (Å²) in [5, 5.41) is 0.0113. The number of ether oxygens (including phenoxy) is 2. The topological polar surface area (TPSA) is 90.4 Å². The van der Waals surface area contributed by atoms with Crippen molar-refractivity contribution in [3.05, 3.63) is 108 Å². The number of methoxy groups -OCH3 is 1. The van der Waals surface area contributed by atoms with Crippen LogP contribution in [0.5, 0.6) is 17.2 Å². The van der Waals surface area contributed by atoms with Gasteiger partial charge < -0.3 is 9.47 Å². The molecule has 0 amide bonds. The number of nitrogens with one attached hydrogen (secondary N) is 1. The fourth-order valence-corrected chi connectivity index (χ4v) is 5.39. The number of rotatable bonds is 9. The van der Waals surface area contributed by atoms with Crippen molar-refractivity contribution in [3.63, 3.8) is 0 Å². The van der Waals surface area contributed by atoms with E-state index in [1.165, 1.54) is 48.5 Å².